The normalized spacial score (nSPS) is 15.0. The molecule has 1 saturated carbocycles. The SMILES string of the molecule is CC(=O)c1cccc(N(CC(=O)N(Cc2ccc(Cl)cc2Cl)[C@@H](C)C(=O)NC2CCCCC2)S(C)(=O)=O)c1. The maximum absolute atomic E-state index is 13.7. The van der Waals surface area contributed by atoms with Crippen molar-refractivity contribution in [1.82, 2.24) is 10.2 Å². The van der Waals surface area contributed by atoms with Gasteiger partial charge >= 0.3 is 0 Å². The first kappa shape index (κ1) is 29.9. The van der Waals surface area contributed by atoms with Crippen LogP contribution in [0, 0.1) is 0 Å². The highest BCUT2D eigenvalue weighted by molar-refractivity contribution is 7.92. The van der Waals surface area contributed by atoms with Gasteiger partial charge in [0.2, 0.25) is 21.8 Å². The summed E-state index contributed by atoms with van der Waals surface area (Å²) in [5.41, 5.74) is 1.05. The number of Topliss-reactive ketones (excluding diaryl/α,β-unsaturated/α-hetero) is 1. The molecule has 11 heteroatoms. The van der Waals surface area contributed by atoms with Crippen LogP contribution in [0.2, 0.25) is 10.0 Å². The minimum absolute atomic E-state index is 0.0286. The second kappa shape index (κ2) is 13.0. The summed E-state index contributed by atoms with van der Waals surface area (Å²) in [7, 11) is -3.91. The predicted molar refractivity (Wildman–Crippen MR) is 150 cm³/mol. The van der Waals surface area contributed by atoms with Crippen molar-refractivity contribution >= 4 is 56.5 Å². The number of hydrogen-bond donors (Lipinski definition) is 1. The molecule has 1 aliphatic rings. The summed E-state index contributed by atoms with van der Waals surface area (Å²) in [6.07, 6.45) is 5.94. The molecular weight excluding hydrogens is 549 g/mol. The molecule has 0 saturated heterocycles. The van der Waals surface area contributed by atoms with Gasteiger partial charge in [0.25, 0.3) is 0 Å². The first-order valence-corrected chi connectivity index (χ1v) is 15.1. The Kier molecular flexibility index (Phi) is 10.2. The van der Waals surface area contributed by atoms with Crippen LogP contribution in [0.3, 0.4) is 0 Å². The minimum Gasteiger partial charge on any atom is -0.352 e. The number of carbonyl (C=O) groups is 3. The van der Waals surface area contributed by atoms with E-state index in [1.807, 2.05) is 0 Å². The standard InChI is InChI=1S/C27H33Cl2N3O5S/c1-18(27(35)30-23-9-5-4-6-10-23)31(16-21-12-13-22(28)15-25(21)29)26(34)17-32(38(3,36)37)24-11-7-8-20(14-24)19(2)33/h7-8,11-15,18,23H,4-6,9-10,16-17H2,1-3H3,(H,30,35)/t18-/m0/s1. The predicted octanol–water partition coefficient (Wildman–Crippen LogP) is 4.83. The second-order valence-electron chi connectivity index (χ2n) is 9.65. The lowest BCUT2D eigenvalue weighted by Gasteiger charge is -2.33. The molecule has 1 aliphatic carbocycles. The van der Waals surface area contributed by atoms with E-state index in [0.717, 1.165) is 42.7 Å². The van der Waals surface area contributed by atoms with E-state index in [9.17, 15) is 22.8 Å². The van der Waals surface area contributed by atoms with Crippen molar-refractivity contribution < 1.29 is 22.8 Å². The third kappa shape index (κ3) is 7.94. The van der Waals surface area contributed by atoms with Gasteiger partial charge < -0.3 is 10.2 Å². The summed E-state index contributed by atoms with van der Waals surface area (Å²) in [6.45, 7) is 2.39. The largest absolute Gasteiger partial charge is 0.352 e. The van der Waals surface area contributed by atoms with Crippen LogP contribution >= 0.6 is 23.2 Å². The Morgan fingerprint density at radius 3 is 2.34 bits per heavy atom. The molecular formula is C27H33Cl2N3O5S. The highest BCUT2D eigenvalue weighted by Gasteiger charge is 2.31. The molecule has 2 aromatic rings. The van der Waals surface area contributed by atoms with E-state index < -0.39 is 28.5 Å². The molecule has 0 radical (unpaired) electrons. The van der Waals surface area contributed by atoms with Gasteiger partial charge in [-0.1, -0.05) is 60.7 Å². The van der Waals surface area contributed by atoms with Crippen LogP contribution in [0.4, 0.5) is 5.69 Å². The summed E-state index contributed by atoms with van der Waals surface area (Å²) in [6, 6.07) is 10.1. The Hall–Kier alpha value is -2.62. The zero-order valence-electron chi connectivity index (χ0n) is 21.7. The summed E-state index contributed by atoms with van der Waals surface area (Å²) in [5.74, 6) is -1.15. The van der Waals surface area contributed by atoms with Crippen molar-refractivity contribution in [2.45, 2.75) is 64.6 Å². The molecule has 2 aromatic carbocycles. The average Bonchev–Trinajstić information content (AvgIpc) is 2.86. The molecule has 0 bridgehead atoms. The summed E-state index contributed by atoms with van der Waals surface area (Å²) < 4.78 is 26.4. The van der Waals surface area contributed by atoms with Gasteiger partial charge in [0.1, 0.15) is 12.6 Å². The van der Waals surface area contributed by atoms with Crippen LogP contribution in [0.5, 0.6) is 0 Å². The first-order chi connectivity index (χ1) is 17.9. The Bertz CT molecular complexity index is 1300. The Morgan fingerprint density at radius 1 is 1.05 bits per heavy atom. The molecule has 38 heavy (non-hydrogen) atoms. The molecule has 0 unspecified atom stereocenters. The Morgan fingerprint density at radius 2 is 1.74 bits per heavy atom. The van der Waals surface area contributed by atoms with E-state index in [4.69, 9.17) is 23.2 Å². The number of carbonyl (C=O) groups excluding carboxylic acids is 3. The van der Waals surface area contributed by atoms with Crippen molar-refractivity contribution in [2.75, 3.05) is 17.1 Å². The maximum Gasteiger partial charge on any atom is 0.244 e. The van der Waals surface area contributed by atoms with Crippen LogP contribution in [0.25, 0.3) is 0 Å². The molecule has 3 rings (SSSR count). The van der Waals surface area contributed by atoms with Crippen molar-refractivity contribution in [3.63, 3.8) is 0 Å². The minimum atomic E-state index is -3.91. The number of halogens is 2. The van der Waals surface area contributed by atoms with Crippen molar-refractivity contribution in [2.24, 2.45) is 0 Å². The van der Waals surface area contributed by atoms with Gasteiger partial charge in [0, 0.05) is 28.2 Å². The van der Waals surface area contributed by atoms with E-state index in [-0.39, 0.29) is 30.0 Å². The third-order valence-electron chi connectivity index (χ3n) is 6.69. The van der Waals surface area contributed by atoms with Gasteiger partial charge in [0.05, 0.1) is 11.9 Å². The van der Waals surface area contributed by atoms with E-state index in [2.05, 4.69) is 5.32 Å². The molecule has 1 N–H and O–H groups in total. The third-order valence-corrected chi connectivity index (χ3v) is 8.42. The number of nitrogens with one attached hydrogen (secondary N) is 1. The smallest absolute Gasteiger partial charge is 0.244 e. The molecule has 0 spiro atoms. The van der Waals surface area contributed by atoms with Crippen LogP contribution in [-0.4, -0.2) is 55.8 Å². The Balaban J connectivity index is 1.92. The number of ketones is 1. The zero-order chi connectivity index (χ0) is 28.0. The van der Waals surface area contributed by atoms with Crippen LogP contribution in [-0.2, 0) is 26.2 Å². The lowest BCUT2D eigenvalue weighted by Crippen LogP contribution is -2.53. The van der Waals surface area contributed by atoms with Crippen molar-refractivity contribution in [1.29, 1.82) is 0 Å². The maximum atomic E-state index is 13.7. The number of amides is 2. The van der Waals surface area contributed by atoms with Crippen LogP contribution in [0.15, 0.2) is 42.5 Å². The van der Waals surface area contributed by atoms with Gasteiger partial charge in [0.15, 0.2) is 5.78 Å². The molecule has 1 atom stereocenters. The molecule has 0 aliphatic heterocycles. The van der Waals surface area contributed by atoms with Gasteiger partial charge in [-0.25, -0.2) is 8.42 Å². The lowest BCUT2D eigenvalue weighted by atomic mass is 9.95. The fourth-order valence-electron chi connectivity index (χ4n) is 4.48. The average molecular weight is 583 g/mol. The molecule has 2 amide bonds. The zero-order valence-corrected chi connectivity index (χ0v) is 24.1. The molecule has 1 fully saturated rings. The van der Waals surface area contributed by atoms with Crippen molar-refractivity contribution in [3.8, 4) is 0 Å². The fourth-order valence-corrected chi connectivity index (χ4v) is 5.79. The quantitative estimate of drug-likeness (QED) is 0.405. The summed E-state index contributed by atoms with van der Waals surface area (Å²) in [4.78, 5) is 40.1. The van der Waals surface area contributed by atoms with Crippen molar-refractivity contribution in [3.05, 3.63) is 63.6 Å². The molecule has 0 aromatic heterocycles. The summed E-state index contributed by atoms with van der Waals surface area (Å²) >= 11 is 12.4. The second-order valence-corrected chi connectivity index (χ2v) is 12.4. The highest BCUT2D eigenvalue weighted by atomic mass is 35.5. The fraction of sp³-hybridized carbons (Fsp3) is 0.444. The monoisotopic (exact) mass is 581 g/mol. The van der Waals surface area contributed by atoms with Gasteiger partial charge in [-0.15, -0.1) is 0 Å². The van der Waals surface area contributed by atoms with Crippen LogP contribution < -0.4 is 9.62 Å². The number of sulfonamides is 1. The molecule has 8 nitrogen and oxygen atoms in total. The number of anilines is 1. The Labute approximate surface area is 234 Å². The number of hydrogen-bond acceptors (Lipinski definition) is 5. The number of nitrogens with zero attached hydrogens (tertiary/aromatic N) is 2. The molecule has 206 valence electrons. The van der Waals surface area contributed by atoms with E-state index in [1.165, 1.54) is 24.0 Å². The molecule has 0 heterocycles. The van der Waals surface area contributed by atoms with E-state index in [1.54, 1.807) is 37.3 Å². The highest BCUT2D eigenvalue weighted by Crippen LogP contribution is 2.25. The van der Waals surface area contributed by atoms with Gasteiger partial charge in [-0.2, -0.15) is 0 Å². The lowest BCUT2D eigenvalue weighted by molar-refractivity contribution is -0.139. The van der Waals surface area contributed by atoms with Gasteiger partial charge in [-0.3, -0.25) is 18.7 Å². The number of benzene rings is 2. The topological polar surface area (TPSA) is 104 Å². The van der Waals surface area contributed by atoms with E-state index in [0.29, 0.717) is 21.2 Å². The first-order valence-electron chi connectivity index (χ1n) is 12.5. The van der Waals surface area contributed by atoms with Gasteiger partial charge in [-0.05, 0) is 56.5 Å². The number of rotatable bonds is 10. The summed E-state index contributed by atoms with van der Waals surface area (Å²) in [5, 5.41) is 3.79. The van der Waals surface area contributed by atoms with E-state index >= 15 is 0 Å². The van der Waals surface area contributed by atoms with Crippen LogP contribution in [0.1, 0.15) is 61.9 Å².